The molecular weight excluding hydrogens is 285 g/mol. The van der Waals surface area contributed by atoms with Gasteiger partial charge in [0.15, 0.2) is 0 Å². The summed E-state index contributed by atoms with van der Waals surface area (Å²) in [6.45, 7) is 3.00. The highest BCUT2D eigenvalue weighted by Gasteiger charge is 2.29. The average molecular weight is 309 g/mol. The van der Waals surface area contributed by atoms with Gasteiger partial charge in [-0.15, -0.1) is 11.8 Å². The summed E-state index contributed by atoms with van der Waals surface area (Å²) in [4.78, 5) is 14.3. The third kappa shape index (κ3) is 4.73. The zero-order chi connectivity index (χ0) is 15.1. The molecule has 4 heteroatoms. The van der Waals surface area contributed by atoms with Gasteiger partial charge < -0.3 is 4.90 Å². The van der Waals surface area contributed by atoms with E-state index in [0.717, 1.165) is 30.7 Å². The number of rotatable bonds is 7. The van der Waals surface area contributed by atoms with Gasteiger partial charge in [0.25, 0.3) is 0 Å². The molecule has 0 bridgehead atoms. The van der Waals surface area contributed by atoms with Gasteiger partial charge >= 0.3 is 0 Å². The molecule has 1 aromatic rings. The van der Waals surface area contributed by atoms with E-state index in [9.17, 15) is 9.18 Å². The molecule has 0 aromatic heterocycles. The number of carbonyl (C=O) groups excluding carboxylic acids is 1. The standard InChI is InChI=1S/C17H24FNOS/c1-2-3-4-5-6-7-16(20)19-12-13-21-17(19)14-8-10-15(18)11-9-14/h8-11,17H,2-7,12-13H2,1H3. The molecule has 0 aliphatic carbocycles. The maximum absolute atomic E-state index is 13.0. The molecule has 0 saturated carbocycles. The van der Waals surface area contributed by atoms with E-state index in [4.69, 9.17) is 0 Å². The Kier molecular flexibility index (Phi) is 6.55. The molecule has 0 spiro atoms. The number of nitrogens with zero attached hydrogens (tertiary/aromatic N) is 1. The van der Waals surface area contributed by atoms with Crippen molar-refractivity contribution < 1.29 is 9.18 Å². The zero-order valence-corrected chi connectivity index (χ0v) is 13.5. The second-order valence-corrected chi connectivity index (χ2v) is 6.71. The number of carbonyl (C=O) groups is 1. The number of halogens is 1. The van der Waals surface area contributed by atoms with E-state index in [0.29, 0.717) is 6.42 Å². The summed E-state index contributed by atoms with van der Waals surface area (Å²) in [5.41, 5.74) is 1.03. The molecule has 1 amide bonds. The first-order valence-corrected chi connectivity index (χ1v) is 8.93. The summed E-state index contributed by atoms with van der Waals surface area (Å²) < 4.78 is 13.0. The average Bonchev–Trinajstić information content (AvgIpc) is 2.97. The normalized spacial score (nSPS) is 18.2. The number of hydrogen-bond donors (Lipinski definition) is 0. The molecule has 1 unspecified atom stereocenters. The zero-order valence-electron chi connectivity index (χ0n) is 12.7. The van der Waals surface area contributed by atoms with Crippen LogP contribution in [0.3, 0.4) is 0 Å². The smallest absolute Gasteiger partial charge is 0.223 e. The summed E-state index contributed by atoms with van der Waals surface area (Å²) in [6, 6.07) is 6.53. The van der Waals surface area contributed by atoms with Gasteiger partial charge in [-0.2, -0.15) is 0 Å². The number of unbranched alkanes of at least 4 members (excludes halogenated alkanes) is 4. The molecule has 21 heavy (non-hydrogen) atoms. The van der Waals surface area contributed by atoms with Crippen LogP contribution in [0.25, 0.3) is 0 Å². The minimum Gasteiger partial charge on any atom is -0.326 e. The summed E-state index contributed by atoms with van der Waals surface area (Å²) >= 11 is 1.77. The van der Waals surface area contributed by atoms with Crippen molar-refractivity contribution in [2.75, 3.05) is 12.3 Å². The van der Waals surface area contributed by atoms with Crippen LogP contribution in [0.4, 0.5) is 4.39 Å². The minimum absolute atomic E-state index is 0.0636. The van der Waals surface area contributed by atoms with Gasteiger partial charge in [0.1, 0.15) is 11.2 Å². The van der Waals surface area contributed by atoms with E-state index in [2.05, 4.69) is 6.92 Å². The van der Waals surface area contributed by atoms with Crippen LogP contribution in [0, 0.1) is 5.82 Å². The molecule has 2 nitrogen and oxygen atoms in total. The van der Waals surface area contributed by atoms with E-state index >= 15 is 0 Å². The van der Waals surface area contributed by atoms with Crippen molar-refractivity contribution in [2.45, 2.75) is 50.8 Å². The fourth-order valence-corrected chi connectivity index (χ4v) is 3.93. The lowest BCUT2D eigenvalue weighted by molar-refractivity contribution is -0.131. The van der Waals surface area contributed by atoms with E-state index in [1.54, 1.807) is 23.9 Å². The van der Waals surface area contributed by atoms with Crippen LogP contribution < -0.4 is 0 Å². The third-order valence-electron chi connectivity index (χ3n) is 3.86. The largest absolute Gasteiger partial charge is 0.326 e. The van der Waals surface area contributed by atoms with E-state index in [-0.39, 0.29) is 17.1 Å². The Morgan fingerprint density at radius 3 is 2.67 bits per heavy atom. The first-order valence-electron chi connectivity index (χ1n) is 7.89. The molecule has 1 aromatic carbocycles. The highest BCUT2D eigenvalue weighted by atomic mass is 32.2. The Morgan fingerprint density at radius 1 is 1.24 bits per heavy atom. The summed E-state index contributed by atoms with van der Waals surface area (Å²) in [5.74, 6) is 0.977. The maximum atomic E-state index is 13.0. The van der Waals surface area contributed by atoms with Crippen LogP contribution in [-0.4, -0.2) is 23.1 Å². The molecule has 1 aliphatic heterocycles. The lowest BCUT2D eigenvalue weighted by Gasteiger charge is -2.24. The molecule has 1 aliphatic rings. The summed E-state index contributed by atoms with van der Waals surface area (Å²) in [6.07, 6.45) is 6.47. The van der Waals surface area contributed by atoms with Gasteiger partial charge in [0.05, 0.1) is 0 Å². The van der Waals surface area contributed by atoms with Gasteiger partial charge in [-0.1, -0.05) is 44.7 Å². The molecule has 1 heterocycles. The van der Waals surface area contributed by atoms with Crippen LogP contribution in [0.15, 0.2) is 24.3 Å². The second-order valence-electron chi connectivity index (χ2n) is 5.53. The van der Waals surface area contributed by atoms with Crippen LogP contribution in [0.5, 0.6) is 0 Å². The van der Waals surface area contributed by atoms with Gasteiger partial charge in [-0.05, 0) is 24.1 Å². The monoisotopic (exact) mass is 309 g/mol. The topological polar surface area (TPSA) is 20.3 Å². The number of thioether (sulfide) groups is 1. The van der Waals surface area contributed by atoms with Gasteiger partial charge in [0, 0.05) is 18.7 Å². The Bertz CT molecular complexity index is 449. The van der Waals surface area contributed by atoms with Crippen molar-refractivity contribution >= 4 is 17.7 Å². The number of benzene rings is 1. The predicted molar refractivity (Wildman–Crippen MR) is 86.7 cm³/mol. The first kappa shape index (κ1) is 16.3. The van der Waals surface area contributed by atoms with Crippen LogP contribution in [0.1, 0.15) is 56.4 Å². The van der Waals surface area contributed by atoms with Gasteiger partial charge in [-0.3, -0.25) is 4.79 Å². The molecule has 0 radical (unpaired) electrons. The summed E-state index contributed by atoms with van der Waals surface area (Å²) in [7, 11) is 0. The molecule has 1 atom stereocenters. The second kappa shape index (κ2) is 8.42. The lowest BCUT2D eigenvalue weighted by atomic mass is 10.1. The molecule has 1 fully saturated rings. The van der Waals surface area contributed by atoms with Crippen LogP contribution >= 0.6 is 11.8 Å². The molecular formula is C17H24FNOS. The molecule has 116 valence electrons. The summed E-state index contributed by atoms with van der Waals surface area (Å²) in [5, 5.41) is 0.0636. The highest BCUT2D eigenvalue weighted by molar-refractivity contribution is 7.99. The lowest BCUT2D eigenvalue weighted by Crippen LogP contribution is -2.30. The molecule has 2 rings (SSSR count). The maximum Gasteiger partial charge on any atom is 0.223 e. The number of amides is 1. The fourth-order valence-electron chi connectivity index (χ4n) is 2.65. The third-order valence-corrected chi connectivity index (χ3v) is 5.12. The van der Waals surface area contributed by atoms with Crippen molar-refractivity contribution in [3.63, 3.8) is 0 Å². The van der Waals surface area contributed by atoms with Crippen LogP contribution in [-0.2, 0) is 4.79 Å². The molecule has 1 saturated heterocycles. The Labute approximate surface area is 131 Å². The Balaban J connectivity index is 1.86. The molecule has 0 N–H and O–H groups in total. The Morgan fingerprint density at radius 2 is 1.95 bits per heavy atom. The van der Waals surface area contributed by atoms with Gasteiger partial charge in [0.2, 0.25) is 5.91 Å². The van der Waals surface area contributed by atoms with Gasteiger partial charge in [-0.25, -0.2) is 4.39 Å². The van der Waals surface area contributed by atoms with E-state index in [1.807, 2.05) is 4.90 Å². The van der Waals surface area contributed by atoms with E-state index in [1.165, 1.54) is 31.4 Å². The Hall–Kier alpha value is -1.03. The van der Waals surface area contributed by atoms with E-state index < -0.39 is 0 Å². The predicted octanol–water partition coefficient (Wildman–Crippen LogP) is 4.76. The SMILES string of the molecule is CCCCCCCC(=O)N1CCSC1c1ccc(F)cc1. The van der Waals surface area contributed by atoms with Crippen LogP contribution in [0.2, 0.25) is 0 Å². The van der Waals surface area contributed by atoms with Crippen molar-refractivity contribution in [1.29, 1.82) is 0 Å². The fraction of sp³-hybridized carbons (Fsp3) is 0.588. The van der Waals surface area contributed by atoms with Crippen molar-refractivity contribution in [3.05, 3.63) is 35.6 Å². The quantitative estimate of drug-likeness (QED) is 0.677. The minimum atomic E-state index is -0.226. The van der Waals surface area contributed by atoms with Crippen molar-refractivity contribution in [1.82, 2.24) is 4.90 Å². The van der Waals surface area contributed by atoms with Crippen molar-refractivity contribution in [3.8, 4) is 0 Å². The highest BCUT2D eigenvalue weighted by Crippen LogP contribution is 2.38. The first-order chi connectivity index (χ1) is 10.2. The van der Waals surface area contributed by atoms with Crippen molar-refractivity contribution in [2.24, 2.45) is 0 Å². The number of hydrogen-bond acceptors (Lipinski definition) is 2.